The van der Waals surface area contributed by atoms with Crippen molar-refractivity contribution in [3.8, 4) is 0 Å². The minimum atomic E-state index is 0.201. The zero-order chi connectivity index (χ0) is 7.78. The molecule has 0 saturated carbocycles. The molecule has 0 bridgehead atoms. The smallest absolute Gasteiger partial charge is 0.412 e. The molecule has 0 aliphatic carbocycles. The Kier molecular flexibility index (Phi) is 5.09. The number of rotatable bonds is 0. The first-order valence-electron chi connectivity index (χ1n) is 2.52. The van der Waals surface area contributed by atoms with E-state index in [4.69, 9.17) is 0 Å². The standard InChI is InChI=1S/C2H3N3.O3Si3/c1-2-4-5-3-1;1-4-2-6-3-5-1/h1-2H,(H,3,4,5);. The van der Waals surface area contributed by atoms with E-state index in [1.807, 2.05) is 0 Å². The van der Waals surface area contributed by atoms with Crippen LogP contribution in [0, 0.1) is 0 Å². The first kappa shape index (κ1) is 8.76. The predicted octanol–water partition coefficient (Wildman–Crippen LogP) is -1.54. The second-order valence-electron chi connectivity index (χ2n) is 1.21. The molecule has 1 saturated heterocycles. The summed E-state index contributed by atoms with van der Waals surface area (Å²) in [7, 11) is 0.604. The maximum absolute atomic E-state index is 4.69. The zero-order valence-corrected chi connectivity index (χ0v) is 8.27. The first-order chi connectivity index (χ1) is 5.50. The molecule has 0 spiro atoms. The molecule has 0 amide bonds. The van der Waals surface area contributed by atoms with Gasteiger partial charge in [-0.15, -0.1) is 0 Å². The van der Waals surface area contributed by atoms with E-state index in [0.717, 1.165) is 0 Å². The quantitative estimate of drug-likeness (QED) is 0.515. The number of nitrogens with one attached hydrogen (secondary N) is 1. The Morgan fingerprint density at radius 1 is 0.909 bits per heavy atom. The molecule has 1 N–H and O–H groups in total. The Balaban J connectivity index is 0.000000112. The van der Waals surface area contributed by atoms with Crippen molar-refractivity contribution in [2.75, 3.05) is 0 Å². The maximum Gasteiger partial charge on any atom is 0.412 e. The van der Waals surface area contributed by atoms with Crippen LogP contribution in [0.15, 0.2) is 12.4 Å². The van der Waals surface area contributed by atoms with Crippen LogP contribution >= 0.6 is 0 Å². The zero-order valence-electron chi connectivity index (χ0n) is 5.27. The van der Waals surface area contributed by atoms with E-state index in [-0.39, 0.29) is 30.0 Å². The molecule has 6 nitrogen and oxygen atoms in total. The van der Waals surface area contributed by atoms with Gasteiger partial charge in [-0.1, -0.05) is 0 Å². The van der Waals surface area contributed by atoms with Gasteiger partial charge in [-0.05, 0) is 0 Å². The number of hydrogen-bond donors (Lipinski definition) is 1. The lowest BCUT2D eigenvalue weighted by Crippen LogP contribution is -2.23. The lowest BCUT2D eigenvalue weighted by atomic mass is 11.0. The molecular weight excluding hydrogens is 198 g/mol. The van der Waals surface area contributed by atoms with Crippen molar-refractivity contribution in [3.63, 3.8) is 0 Å². The van der Waals surface area contributed by atoms with Gasteiger partial charge in [0.05, 0.1) is 12.4 Å². The van der Waals surface area contributed by atoms with Gasteiger partial charge in [0.15, 0.2) is 0 Å². The van der Waals surface area contributed by atoms with Crippen LogP contribution in [0.2, 0.25) is 0 Å². The van der Waals surface area contributed by atoms with Gasteiger partial charge in [0, 0.05) is 0 Å². The fraction of sp³-hybridized carbons (Fsp3) is 0. The Labute approximate surface area is 70.8 Å². The van der Waals surface area contributed by atoms with Crippen molar-refractivity contribution >= 4 is 30.0 Å². The van der Waals surface area contributed by atoms with Crippen molar-refractivity contribution in [1.29, 1.82) is 0 Å². The maximum atomic E-state index is 4.69. The average Bonchev–Trinajstić information content (AvgIpc) is 2.64. The van der Waals surface area contributed by atoms with Crippen LogP contribution in [-0.2, 0) is 12.3 Å². The summed E-state index contributed by atoms with van der Waals surface area (Å²) in [6.45, 7) is 0. The van der Waals surface area contributed by atoms with Gasteiger partial charge in [0.25, 0.3) is 0 Å². The van der Waals surface area contributed by atoms with Crippen LogP contribution in [0.5, 0.6) is 0 Å². The number of hydrogen-bond acceptors (Lipinski definition) is 5. The van der Waals surface area contributed by atoms with Gasteiger partial charge in [-0.3, -0.25) is 0 Å². The molecule has 2 rings (SSSR count). The highest BCUT2D eigenvalue weighted by Crippen LogP contribution is 1.78. The number of aromatic nitrogens is 3. The third-order valence-electron chi connectivity index (χ3n) is 0.581. The minimum absolute atomic E-state index is 0.201. The summed E-state index contributed by atoms with van der Waals surface area (Å²) in [6.07, 6.45) is 3.17. The fourth-order valence-electron chi connectivity index (χ4n) is 0.280. The van der Waals surface area contributed by atoms with Gasteiger partial charge >= 0.3 is 30.0 Å². The van der Waals surface area contributed by atoms with E-state index in [2.05, 4.69) is 27.8 Å². The SMILES string of the molecule is O1[Si]O[Si]O[Si]1.c1cn[nH]n1. The second kappa shape index (κ2) is 6.39. The van der Waals surface area contributed by atoms with Crippen LogP contribution in [0.4, 0.5) is 0 Å². The van der Waals surface area contributed by atoms with E-state index in [9.17, 15) is 0 Å². The molecule has 1 aromatic rings. The van der Waals surface area contributed by atoms with Crippen molar-refractivity contribution < 1.29 is 12.3 Å². The average molecular weight is 201 g/mol. The Hall–Kier alpha value is -0.329. The highest BCUT2D eigenvalue weighted by Gasteiger charge is 2.05. The molecule has 2 heterocycles. The number of nitrogens with zero attached hydrogens (tertiary/aromatic N) is 2. The van der Waals surface area contributed by atoms with E-state index >= 15 is 0 Å². The molecule has 0 aromatic carbocycles. The largest absolute Gasteiger partial charge is 0.412 e. The van der Waals surface area contributed by atoms with Crippen LogP contribution in [-0.4, -0.2) is 45.4 Å². The van der Waals surface area contributed by atoms with E-state index in [1.54, 1.807) is 12.4 Å². The third-order valence-corrected chi connectivity index (χ3v) is 2.58. The molecule has 1 aliphatic heterocycles. The topological polar surface area (TPSA) is 69.3 Å². The van der Waals surface area contributed by atoms with Gasteiger partial charge in [0.2, 0.25) is 0 Å². The molecule has 6 radical (unpaired) electrons. The molecular formula is C2H3N3O3Si3. The highest BCUT2D eigenvalue weighted by atomic mass is 28.4. The Bertz CT molecular complexity index is 128. The number of H-pyrrole nitrogens is 1. The molecule has 1 aromatic heterocycles. The molecule has 11 heavy (non-hydrogen) atoms. The van der Waals surface area contributed by atoms with Crippen LogP contribution in [0.1, 0.15) is 0 Å². The van der Waals surface area contributed by atoms with Crippen LogP contribution in [0.25, 0.3) is 0 Å². The monoisotopic (exact) mass is 201 g/mol. The summed E-state index contributed by atoms with van der Waals surface area (Å²) >= 11 is 0. The molecule has 56 valence electrons. The van der Waals surface area contributed by atoms with Gasteiger partial charge in [-0.25, -0.2) is 0 Å². The minimum Gasteiger partial charge on any atom is -0.412 e. The summed E-state index contributed by atoms with van der Waals surface area (Å²) < 4.78 is 14.1. The Morgan fingerprint density at radius 3 is 1.55 bits per heavy atom. The van der Waals surface area contributed by atoms with Gasteiger partial charge < -0.3 is 12.3 Å². The predicted molar refractivity (Wildman–Crippen MR) is 36.9 cm³/mol. The lowest BCUT2D eigenvalue weighted by Gasteiger charge is -2.04. The van der Waals surface area contributed by atoms with Crippen molar-refractivity contribution in [2.24, 2.45) is 0 Å². The van der Waals surface area contributed by atoms with E-state index in [1.165, 1.54) is 0 Å². The van der Waals surface area contributed by atoms with E-state index < -0.39 is 0 Å². The first-order valence-corrected chi connectivity index (χ1v) is 4.97. The van der Waals surface area contributed by atoms with Gasteiger partial charge in [0.1, 0.15) is 0 Å². The van der Waals surface area contributed by atoms with Crippen molar-refractivity contribution in [3.05, 3.63) is 12.4 Å². The van der Waals surface area contributed by atoms with Crippen LogP contribution < -0.4 is 0 Å². The third kappa shape index (κ3) is 5.00. The lowest BCUT2D eigenvalue weighted by molar-refractivity contribution is 0.347. The molecule has 1 aliphatic rings. The fourth-order valence-corrected chi connectivity index (χ4v) is 2.31. The summed E-state index contributed by atoms with van der Waals surface area (Å²) in [6, 6.07) is 0. The van der Waals surface area contributed by atoms with E-state index in [0.29, 0.717) is 0 Å². The molecule has 0 unspecified atom stereocenters. The summed E-state index contributed by atoms with van der Waals surface area (Å²) in [5.41, 5.74) is 0. The number of aromatic amines is 1. The summed E-state index contributed by atoms with van der Waals surface area (Å²) in [5, 5.41) is 9.33. The molecule has 1 fully saturated rings. The normalized spacial score (nSPS) is 16.7. The molecule has 0 atom stereocenters. The van der Waals surface area contributed by atoms with Crippen LogP contribution in [0.3, 0.4) is 0 Å². The highest BCUT2D eigenvalue weighted by molar-refractivity contribution is 6.50. The summed E-state index contributed by atoms with van der Waals surface area (Å²) in [4.78, 5) is 0. The van der Waals surface area contributed by atoms with Crippen molar-refractivity contribution in [2.45, 2.75) is 0 Å². The molecule has 9 heteroatoms. The summed E-state index contributed by atoms with van der Waals surface area (Å²) in [5.74, 6) is 0. The second-order valence-corrected chi connectivity index (χ2v) is 4.16. The van der Waals surface area contributed by atoms with Crippen molar-refractivity contribution in [1.82, 2.24) is 15.4 Å². The Morgan fingerprint density at radius 2 is 1.36 bits per heavy atom. The van der Waals surface area contributed by atoms with Gasteiger partial charge in [-0.2, -0.15) is 15.4 Å².